The quantitative estimate of drug-likeness (QED) is 0.350. The van der Waals surface area contributed by atoms with Gasteiger partial charge in [0.2, 0.25) is 0 Å². The topological polar surface area (TPSA) is 67.2 Å². The third-order valence-corrected chi connectivity index (χ3v) is 7.96. The first-order valence-corrected chi connectivity index (χ1v) is 13.4. The van der Waals surface area contributed by atoms with Gasteiger partial charge in [-0.05, 0) is 55.2 Å². The summed E-state index contributed by atoms with van der Waals surface area (Å²) in [4.78, 5) is 36.1. The first-order valence-electron chi connectivity index (χ1n) is 12.2. The van der Waals surface area contributed by atoms with E-state index in [2.05, 4.69) is 4.90 Å². The molecule has 2 saturated heterocycles. The third kappa shape index (κ3) is 5.03. The van der Waals surface area contributed by atoms with Gasteiger partial charge in [0.15, 0.2) is 0 Å². The Labute approximate surface area is 219 Å². The van der Waals surface area contributed by atoms with Gasteiger partial charge in [0, 0.05) is 25.8 Å². The minimum absolute atomic E-state index is 0.169. The zero-order valence-corrected chi connectivity index (χ0v) is 21.8. The van der Waals surface area contributed by atoms with Gasteiger partial charge in [-0.2, -0.15) is 0 Å². The summed E-state index contributed by atoms with van der Waals surface area (Å²) in [5, 5.41) is 0. The van der Waals surface area contributed by atoms with Crippen LogP contribution in [-0.2, 0) is 11.2 Å². The van der Waals surface area contributed by atoms with Crippen molar-refractivity contribution in [3.8, 4) is 5.75 Å². The molecule has 9 heteroatoms. The van der Waals surface area contributed by atoms with E-state index in [9.17, 15) is 9.59 Å². The number of nitrogens with zero attached hydrogens (tertiary/aromatic N) is 4. The molecule has 0 unspecified atom stereocenters. The highest BCUT2D eigenvalue weighted by atomic mass is 32.2. The maximum atomic E-state index is 13.6. The Balaban J connectivity index is 1.46. The van der Waals surface area contributed by atoms with Gasteiger partial charge in [-0.1, -0.05) is 55.0 Å². The highest BCUT2D eigenvalue weighted by Crippen LogP contribution is 2.34. The molecule has 7 nitrogen and oxygen atoms in total. The fraction of sp³-hybridized carbons (Fsp3) is 0.333. The molecular formula is C27H28N4O3S2. The maximum Gasteiger partial charge on any atom is 0.267 e. The lowest BCUT2D eigenvalue weighted by Gasteiger charge is -2.23. The number of amides is 1. The van der Waals surface area contributed by atoms with Gasteiger partial charge in [0.1, 0.15) is 21.5 Å². The molecule has 0 bridgehead atoms. The Morgan fingerprint density at radius 1 is 1.06 bits per heavy atom. The lowest BCUT2D eigenvalue weighted by molar-refractivity contribution is -0.122. The summed E-state index contributed by atoms with van der Waals surface area (Å²) in [5.74, 6) is 1.28. The number of carbonyl (C=O) groups is 1. The molecule has 2 fully saturated rings. The van der Waals surface area contributed by atoms with Crippen molar-refractivity contribution in [2.24, 2.45) is 0 Å². The van der Waals surface area contributed by atoms with Crippen LogP contribution < -0.4 is 15.2 Å². The van der Waals surface area contributed by atoms with Gasteiger partial charge in [-0.3, -0.25) is 18.9 Å². The molecule has 0 atom stereocenters. The normalized spacial score (nSPS) is 17.8. The predicted molar refractivity (Wildman–Crippen MR) is 149 cm³/mol. The largest absolute Gasteiger partial charge is 0.497 e. The molecule has 0 spiro atoms. The fourth-order valence-corrected chi connectivity index (χ4v) is 5.89. The van der Waals surface area contributed by atoms with E-state index in [1.54, 1.807) is 24.3 Å². The summed E-state index contributed by atoms with van der Waals surface area (Å²) in [6, 6.07) is 13.3. The van der Waals surface area contributed by atoms with E-state index in [1.165, 1.54) is 29.0 Å². The van der Waals surface area contributed by atoms with Gasteiger partial charge >= 0.3 is 0 Å². The van der Waals surface area contributed by atoms with E-state index in [-0.39, 0.29) is 11.5 Å². The van der Waals surface area contributed by atoms with Gasteiger partial charge in [0.25, 0.3) is 11.5 Å². The minimum atomic E-state index is -0.177. The third-order valence-electron chi connectivity index (χ3n) is 6.59. The van der Waals surface area contributed by atoms with Gasteiger partial charge < -0.3 is 9.64 Å². The average Bonchev–Trinajstić information content (AvgIpc) is 3.07. The van der Waals surface area contributed by atoms with E-state index >= 15 is 0 Å². The lowest BCUT2D eigenvalue weighted by atomic mass is 10.1. The van der Waals surface area contributed by atoms with E-state index in [1.807, 2.05) is 42.5 Å². The first kappa shape index (κ1) is 24.5. The number of anilines is 1. The van der Waals surface area contributed by atoms with Crippen molar-refractivity contribution in [3.05, 3.63) is 75.0 Å². The number of rotatable bonds is 6. The van der Waals surface area contributed by atoms with E-state index in [0.29, 0.717) is 39.2 Å². The lowest BCUT2D eigenvalue weighted by Crippen LogP contribution is -2.31. The summed E-state index contributed by atoms with van der Waals surface area (Å²) >= 11 is 6.80. The molecule has 0 aliphatic carbocycles. The van der Waals surface area contributed by atoms with Crippen LogP contribution in [0.1, 0.15) is 36.8 Å². The summed E-state index contributed by atoms with van der Waals surface area (Å²) in [6.45, 7) is 2.17. The molecule has 3 aromatic rings. The molecule has 2 aromatic heterocycles. The highest BCUT2D eigenvalue weighted by Gasteiger charge is 2.32. The molecule has 1 amide bonds. The predicted octanol–water partition coefficient (Wildman–Crippen LogP) is 4.53. The number of thioether (sulfide) groups is 1. The van der Waals surface area contributed by atoms with Gasteiger partial charge in [-0.25, -0.2) is 4.98 Å². The molecule has 186 valence electrons. The molecule has 4 heterocycles. The summed E-state index contributed by atoms with van der Waals surface area (Å²) in [7, 11) is 1.64. The van der Waals surface area contributed by atoms with Crippen LogP contribution in [0.4, 0.5) is 5.82 Å². The molecule has 0 saturated carbocycles. The molecule has 36 heavy (non-hydrogen) atoms. The number of pyridine rings is 1. The molecule has 1 aromatic carbocycles. The molecule has 5 rings (SSSR count). The Hall–Kier alpha value is -3.17. The zero-order valence-electron chi connectivity index (χ0n) is 20.2. The van der Waals surface area contributed by atoms with Crippen LogP contribution in [0.3, 0.4) is 0 Å². The maximum absolute atomic E-state index is 13.6. The SMILES string of the molecule is COc1ccc(CCN2C(=O)C(=Cc3c(N4CCCCCC4)nc4ccccn4c3=O)SC2=S)cc1. The molecule has 2 aliphatic heterocycles. The number of benzene rings is 1. The minimum Gasteiger partial charge on any atom is -0.497 e. The second-order valence-corrected chi connectivity index (χ2v) is 10.6. The van der Waals surface area contributed by atoms with Crippen LogP contribution in [0.25, 0.3) is 11.7 Å². The summed E-state index contributed by atoms with van der Waals surface area (Å²) in [5.41, 5.74) is 1.96. The van der Waals surface area contributed by atoms with Crippen molar-refractivity contribution >= 4 is 51.7 Å². The zero-order chi connectivity index (χ0) is 25.1. The monoisotopic (exact) mass is 520 g/mol. The van der Waals surface area contributed by atoms with Crippen molar-refractivity contribution in [2.45, 2.75) is 32.1 Å². The second-order valence-electron chi connectivity index (χ2n) is 8.92. The number of thiocarbonyl (C=S) groups is 1. The Bertz CT molecular complexity index is 1380. The van der Waals surface area contributed by atoms with Crippen molar-refractivity contribution in [3.63, 3.8) is 0 Å². The second kappa shape index (κ2) is 10.8. The van der Waals surface area contributed by atoms with Crippen molar-refractivity contribution < 1.29 is 9.53 Å². The van der Waals surface area contributed by atoms with Gasteiger partial charge in [-0.15, -0.1) is 0 Å². The average molecular weight is 521 g/mol. The molecule has 0 N–H and O–H groups in total. The number of ether oxygens (including phenoxy) is 1. The van der Waals surface area contributed by atoms with Crippen LogP contribution in [0, 0.1) is 0 Å². The van der Waals surface area contributed by atoms with E-state index in [0.717, 1.165) is 37.2 Å². The number of fused-ring (bicyclic) bond motifs is 1. The summed E-state index contributed by atoms with van der Waals surface area (Å²) in [6.07, 6.45) is 8.54. The van der Waals surface area contributed by atoms with E-state index in [4.69, 9.17) is 21.9 Å². The van der Waals surface area contributed by atoms with Crippen molar-refractivity contribution in [2.75, 3.05) is 31.6 Å². The smallest absolute Gasteiger partial charge is 0.267 e. The Morgan fingerprint density at radius 3 is 2.53 bits per heavy atom. The molecular weight excluding hydrogens is 492 g/mol. The molecule has 2 aliphatic rings. The molecule has 0 radical (unpaired) electrons. The van der Waals surface area contributed by atoms with Crippen LogP contribution in [0.15, 0.2) is 58.4 Å². The van der Waals surface area contributed by atoms with Crippen LogP contribution >= 0.6 is 24.0 Å². The van der Waals surface area contributed by atoms with Crippen molar-refractivity contribution in [1.29, 1.82) is 0 Å². The standard InChI is InChI=1S/C27H28N4O3S2/c1-34-20-11-9-19(10-12-20)13-17-31-26(33)22(36-27(31)35)18-21-24(29-14-5-2-3-6-15-29)28-23-8-4-7-16-30(23)25(21)32/h4,7-12,16,18H,2-3,5-6,13-15,17H2,1H3. The number of carbonyl (C=O) groups excluding carboxylic acids is 1. The first-order chi connectivity index (χ1) is 17.5. The Kier molecular flexibility index (Phi) is 7.38. The summed E-state index contributed by atoms with van der Waals surface area (Å²) < 4.78 is 7.26. The van der Waals surface area contributed by atoms with E-state index < -0.39 is 0 Å². The number of hydrogen-bond donors (Lipinski definition) is 0. The number of methoxy groups -OCH3 is 1. The van der Waals surface area contributed by atoms with Crippen LogP contribution in [-0.4, -0.2) is 51.3 Å². The van der Waals surface area contributed by atoms with Crippen LogP contribution in [0.2, 0.25) is 0 Å². The number of aromatic nitrogens is 2. The fourth-order valence-electron chi connectivity index (χ4n) is 4.60. The van der Waals surface area contributed by atoms with Crippen molar-refractivity contribution in [1.82, 2.24) is 14.3 Å². The Morgan fingerprint density at radius 2 is 1.81 bits per heavy atom. The number of hydrogen-bond acceptors (Lipinski definition) is 7. The van der Waals surface area contributed by atoms with Crippen LogP contribution in [0.5, 0.6) is 5.75 Å². The highest BCUT2D eigenvalue weighted by molar-refractivity contribution is 8.26. The van der Waals surface area contributed by atoms with Gasteiger partial charge in [0.05, 0.1) is 17.6 Å².